The Labute approximate surface area is 364 Å². The summed E-state index contributed by atoms with van der Waals surface area (Å²) in [6.07, 6.45) is 0. The molecule has 13 aromatic rings. The second-order valence-electron chi connectivity index (χ2n) is 15.6. The molecule has 0 N–H and O–H groups in total. The van der Waals surface area contributed by atoms with Crippen LogP contribution >= 0.6 is 11.3 Å². The van der Waals surface area contributed by atoms with Gasteiger partial charge in [-0.3, -0.25) is 0 Å². The highest BCUT2D eigenvalue weighted by atomic mass is 32.1. The summed E-state index contributed by atoms with van der Waals surface area (Å²) >= 11 is 1.73. The van der Waals surface area contributed by atoms with Crippen LogP contribution in [0, 0.1) is 0 Å². The van der Waals surface area contributed by atoms with E-state index in [1.165, 1.54) is 4.70 Å². The average molecular weight is 825 g/mol. The maximum atomic E-state index is 6.84. The summed E-state index contributed by atoms with van der Waals surface area (Å²) in [5.41, 5.74) is 11.1. The average Bonchev–Trinajstić information content (AvgIpc) is 4.04. The van der Waals surface area contributed by atoms with Gasteiger partial charge in [-0.15, -0.1) is 11.3 Å². The van der Waals surface area contributed by atoms with Crippen molar-refractivity contribution in [1.82, 2.24) is 29.5 Å². The van der Waals surface area contributed by atoms with E-state index in [-0.39, 0.29) is 0 Å². The van der Waals surface area contributed by atoms with Crippen LogP contribution in [0.15, 0.2) is 199 Å². The number of benzene rings is 8. The van der Waals surface area contributed by atoms with Gasteiger partial charge in [-0.1, -0.05) is 140 Å². The standard InChI is InChI=1S/C55H32N6OS/c1-4-16-33(17-5-1)48-51-49(38-23-11-13-29-46(38)63-51)57-54(56-48)40-25-15-28-45-47(40)39-24-14-26-41(50(39)62-45)55-59-52(34-18-6-2-7-19-34)58-53(60-55)35-30-31-44-42(32-35)37-22-10-12-27-43(37)61(44)36-20-8-3-9-21-36/h1-32H. The molecule has 5 heterocycles. The van der Waals surface area contributed by atoms with E-state index in [4.69, 9.17) is 29.3 Å². The van der Waals surface area contributed by atoms with E-state index >= 15 is 0 Å². The highest BCUT2D eigenvalue weighted by molar-refractivity contribution is 7.26. The molecule has 0 atom stereocenters. The lowest BCUT2D eigenvalue weighted by Gasteiger charge is -2.10. The monoisotopic (exact) mass is 824 g/mol. The molecule has 0 spiro atoms. The van der Waals surface area contributed by atoms with Crippen LogP contribution in [0.4, 0.5) is 0 Å². The minimum Gasteiger partial charge on any atom is -0.455 e. The SMILES string of the molecule is c1ccc(-c2nc(-c3ccc4c(c3)c3ccccc3n4-c3ccccc3)nc(-c3cccc4c3oc3cccc(-c5nc(-c6ccccc6)c6sc7ccccc7c6n5)c34)n2)cc1. The number of para-hydroxylation sites is 3. The zero-order valence-electron chi connectivity index (χ0n) is 33.5. The Kier molecular flexibility index (Phi) is 7.94. The summed E-state index contributed by atoms with van der Waals surface area (Å²) in [4.78, 5) is 26.2. The third-order valence-corrected chi connectivity index (χ3v) is 13.1. The van der Waals surface area contributed by atoms with Crippen LogP contribution in [0.3, 0.4) is 0 Å². The first kappa shape index (κ1) is 35.4. The molecule has 0 aliphatic rings. The second-order valence-corrected chi connectivity index (χ2v) is 16.6. The quantitative estimate of drug-likeness (QED) is 0.166. The molecule has 0 aliphatic heterocycles. The molecule has 294 valence electrons. The van der Waals surface area contributed by atoms with Crippen LogP contribution in [0.5, 0.6) is 0 Å². The fraction of sp³-hybridized carbons (Fsp3) is 0. The van der Waals surface area contributed by atoms with Gasteiger partial charge < -0.3 is 8.98 Å². The van der Waals surface area contributed by atoms with Crippen LogP contribution in [0.25, 0.3) is 127 Å². The van der Waals surface area contributed by atoms with Crippen molar-refractivity contribution >= 4 is 75.4 Å². The summed E-state index contributed by atoms with van der Waals surface area (Å²) in [6.45, 7) is 0. The lowest BCUT2D eigenvalue weighted by Crippen LogP contribution is -2.00. The Balaban J connectivity index is 1.01. The zero-order chi connectivity index (χ0) is 41.4. The van der Waals surface area contributed by atoms with E-state index in [9.17, 15) is 0 Å². The molecule has 0 radical (unpaired) electrons. The minimum atomic E-state index is 0.519. The Hall–Kier alpha value is -8.33. The summed E-state index contributed by atoms with van der Waals surface area (Å²) < 4.78 is 11.4. The third-order valence-electron chi connectivity index (χ3n) is 11.9. The van der Waals surface area contributed by atoms with E-state index in [1.807, 2.05) is 66.7 Å². The second kappa shape index (κ2) is 14.1. The first-order valence-corrected chi connectivity index (χ1v) is 21.7. The Morgan fingerprint density at radius 2 is 1.03 bits per heavy atom. The van der Waals surface area contributed by atoms with Gasteiger partial charge in [-0.25, -0.2) is 24.9 Å². The topological polar surface area (TPSA) is 82.5 Å². The van der Waals surface area contributed by atoms with Gasteiger partial charge >= 0.3 is 0 Å². The molecule has 7 nitrogen and oxygen atoms in total. The van der Waals surface area contributed by atoms with E-state index in [0.717, 1.165) is 93.0 Å². The van der Waals surface area contributed by atoms with Gasteiger partial charge in [-0.05, 0) is 54.6 Å². The lowest BCUT2D eigenvalue weighted by atomic mass is 10.0. The van der Waals surface area contributed by atoms with Crippen LogP contribution in [0.2, 0.25) is 0 Å². The Bertz CT molecular complexity index is 3910. The van der Waals surface area contributed by atoms with Gasteiger partial charge in [0.15, 0.2) is 23.3 Å². The smallest absolute Gasteiger partial charge is 0.167 e. The van der Waals surface area contributed by atoms with Gasteiger partial charge in [0.25, 0.3) is 0 Å². The molecule has 0 amide bonds. The molecule has 0 saturated carbocycles. The van der Waals surface area contributed by atoms with Crippen molar-refractivity contribution in [3.8, 4) is 62.5 Å². The minimum absolute atomic E-state index is 0.519. The van der Waals surface area contributed by atoms with Gasteiger partial charge in [0.1, 0.15) is 11.2 Å². The molecule has 5 aromatic heterocycles. The first-order valence-electron chi connectivity index (χ1n) is 20.8. The van der Waals surface area contributed by atoms with Crippen molar-refractivity contribution in [2.24, 2.45) is 0 Å². The highest BCUT2D eigenvalue weighted by Crippen LogP contribution is 2.43. The normalized spacial score (nSPS) is 11.8. The van der Waals surface area contributed by atoms with E-state index in [0.29, 0.717) is 28.9 Å². The fourth-order valence-electron chi connectivity index (χ4n) is 9.02. The maximum Gasteiger partial charge on any atom is 0.167 e. The first-order chi connectivity index (χ1) is 31.2. The van der Waals surface area contributed by atoms with Crippen LogP contribution in [-0.2, 0) is 0 Å². The molecule has 0 bridgehead atoms. The summed E-state index contributed by atoms with van der Waals surface area (Å²) in [5.74, 6) is 2.31. The van der Waals surface area contributed by atoms with Crippen molar-refractivity contribution in [3.05, 3.63) is 194 Å². The predicted molar refractivity (Wildman–Crippen MR) is 257 cm³/mol. The van der Waals surface area contributed by atoms with Crippen LogP contribution in [0.1, 0.15) is 0 Å². The van der Waals surface area contributed by atoms with Gasteiger partial charge in [0.05, 0.1) is 32.5 Å². The predicted octanol–water partition coefficient (Wildman–Crippen LogP) is 14.4. The number of hydrogen-bond donors (Lipinski definition) is 0. The van der Waals surface area contributed by atoms with Crippen molar-refractivity contribution in [2.45, 2.75) is 0 Å². The van der Waals surface area contributed by atoms with Crippen molar-refractivity contribution < 1.29 is 4.42 Å². The van der Waals surface area contributed by atoms with E-state index in [1.54, 1.807) is 11.3 Å². The number of fused-ring (bicyclic) bond motifs is 9. The molecule has 0 fully saturated rings. The van der Waals surface area contributed by atoms with Gasteiger partial charge in [0.2, 0.25) is 0 Å². The maximum absolute atomic E-state index is 6.84. The van der Waals surface area contributed by atoms with Gasteiger partial charge in [-0.2, -0.15) is 0 Å². The summed E-state index contributed by atoms with van der Waals surface area (Å²) in [7, 11) is 0. The Morgan fingerprint density at radius 3 is 1.86 bits per heavy atom. The van der Waals surface area contributed by atoms with E-state index in [2.05, 4.69) is 132 Å². The zero-order valence-corrected chi connectivity index (χ0v) is 34.3. The molecule has 0 aliphatic carbocycles. The molecule has 13 rings (SSSR count). The molecular formula is C55H32N6OS. The molecule has 8 heteroatoms. The van der Waals surface area contributed by atoms with Crippen molar-refractivity contribution in [2.75, 3.05) is 0 Å². The van der Waals surface area contributed by atoms with Gasteiger partial charge in [0, 0.05) is 59.6 Å². The number of rotatable bonds is 6. The molecule has 0 saturated heterocycles. The number of nitrogens with zero attached hydrogens (tertiary/aromatic N) is 6. The highest BCUT2D eigenvalue weighted by Gasteiger charge is 2.23. The van der Waals surface area contributed by atoms with Crippen molar-refractivity contribution in [3.63, 3.8) is 0 Å². The molecule has 63 heavy (non-hydrogen) atoms. The van der Waals surface area contributed by atoms with Crippen LogP contribution in [-0.4, -0.2) is 29.5 Å². The fourth-order valence-corrected chi connectivity index (χ4v) is 10.2. The number of furan rings is 1. The van der Waals surface area contributed by atoms with E-state index < -0.39 is 0 Å². The molecular weight excluding hydrogens is 793 g/mol. The Morgan fingerprint density at radius 1 is 0.413 bits per heavy atom. The van der Waals surface area contributed by atoms with Crippen LogP contribution < -0.4 is 0 Å². The largest absolute Gasteiger partial charge is 0.455 e. The third kappa shape index (κ3) is 5.69. The number of hydrogen-bond acceptors (Lipinski definition) is 7. The molecule has 8 aromatic carbocycles. The lowest BCUT2D eigenvalue weighted by molar-refractivity contribution is 0.669. The summed E-state index contributed by atoms with van der Waals surface area (Å²) in [6, 6.07) is 66.7. The summed E-state index contributed by atoms with van der Waals surface area (Å²) in [5, 5.41) is 5.26. The molecule has 0 unspecified atom stereocenters. The number of thiophene rings is 1. The van der Waals surface area contributed by atoms with Crippen molar-refractivity contribution in [1.29, 1.82) is 0 Å². The number of aromatic nitrogens is 6.